The summed E-state index contributed by atoms with van der Waals surface area (Å²) in [6.07, 6.45) is 1.93. The molecule has 6 heteroatoms. The highest BCUT2D eigenvalue weighted by atomic mass is 16.5. The van der Waals surface area contributed by atoms with Crippen molar-refractivity contribution in [1.29, 1.82) is 5.26 Å². The first kappa shape index (κ1) is 19.3. The number of aromatic nitrogens is 1. The number of carbonyl (C=O) groups excluding carboxylic acids is 1. The monoisotopic (exact) mass is 352 g/mol. The molecule has 0 spiro atoms. The molecule has 2 rings (SSSR count). The van der Waals surface area contributed by atoms with Crippen LogP contribution in [0.5, 0.6) is 5.88 Å². The Labute approximate surface area is 154 Å². The highest BCUT2D eigenvalue weighted by Crippen LogP contribution is 2.23. The van der Waals surface area contributed by atoms with Crippen molar-refractivity contribution >= 4 is 11.6 Å². The molecule has 1 heterocycles. The fourth-order valence-electron chi connectivity index (χ4n) is 2.44. The van der Waals surface area contributed by atoms with Crippen LogP contribution in [0.25, 0.3) is 0 Å². The van der Waals surface area contributed by atoms with Crippen molar-refractivity contribution in [3.63, 3.8) is 0 Å². The highest BCUT2D eigenvalue weighted by Gasteiger charge is 2.19. The van der Waals surface area contributed by atoms with Crippen LogP contribution in [0.1, 0.15) is 49.3 Å². The van der Waals surface area contributed by atoms with Crippen LogP contribution in [0.15, 0.2) is 36.4 Å². The van der Waals surface area contributed by atoms with Crippen LogP contribution in [-0.2, 0) is 12.0 Å². The molecule has 0 saturated heterocycles. The average Bonchev–Trinajstić information content (AvgIpc) is 2.58. The summed E-state index contributed by atoms with van der Waals surface area (Å²) < 4.78 is 5.31. The molecule has 0 bridgehead atoms. The van der Waals surface area contributed by atoms with Crippen LogP contribution >= 0.6 is 0 Å². The van der Waals surface area contributed by atoms with Crippen molar-refractivity contribution in [2.45, 2.75) is 39.7 Å². The van der Waals surface area contributed by atoms with Gasteiger partial charge in [-0.1, -0.05) is 45.0 Å². The maximum absolute atomic E-state index is 12.6. The van der Waals surface area contributed by atoms with Crippen LogP contribution in [0, 0.1) is 11.5 Å². The van der Waals surface area contributed by atoms with Gasteiger partial charge in [0, 0.05) is 11.8 Å². The molecule has 0 aliphatic carbocycles. The summed E-state index contributed by atoms with van der Waals surface area (Å²) in [5, 5.41) is 9.41. The molecule has 0 atom stereocenters. The molecule has 2 aromatic rings. The molecule has 1 aromatic heterocycles. The number of pyridine rings is 1. The minimum absolute atomic E-state index is 0.0461. The van der Waals surface area contributed by atoms with E-state index in [0.29, 0.717) is 12.3 Å². The van der Waals surface area contributed by atoms with Crippen molar-refractivity contribution in [1.82, 2.24) is 9.88 Å². The molecule has 0 aliphatic heterocycles. The standard InChI is InChI=1S/C20H24N4O2/c1-5-26-18-11-16(22)10-17(23-18)19(25)24(13-21)12-14-6-8-15(9-7-14)20(2,3)4/h6-11H,5,12H2,1-4H3,(H2,22,23). The second-order valence-electron chi connectivity index (χ2n) is 7.00. The molecule has 1 amide bonds. The van der Waals surface area contributed by atoms with Gasteiger partial charge in [0.15, 0.2) is 6.19 Å². The number of anilines is 1. The van der Waals surface area contributed by atoms with E-state index in [9.17, 15) is 10.1 Å². The first-order valence-electron chi connectivity index (χ1n) is 8.46. The Bertz CT molecular complexity index is 817. The van der Waals surface area contributed by atoms with Gasteiger partial charge in [-0.25, -0.2) is 9.88 Å². The Morgan fingerprint density at radius 1 is 1.27 bits per heavy atom. The van der Waals surface area contributed by atoms with Crippen molar-refractivity contribution in [3.8, 4) is 12.1 Å². The van der Waals surface area contributed by atoms with Gasteiger partial charge in [-0.2, -0.15) is 5.26 Å². The first-order chi connectivity index (χ1) is 12.2. The van der Waals surface area contributed by atoms with Crippen LogP contribution in [-0.4, -0.2) is 22.4 Å². The summed E-state index contributed by atoms with van der Waals surface area (Å²) in [6.45, 7) is 8.79. The van der Waals surface area contributed by atoms with E-state index in [2.05, 4.69) is 25.8 Å². The molecule has 0 fully saturated rings. The van der Waals surface area contributed by atoms with Crippen molar-refractivity contribution in [2.24, 2.45) is 0 Å². The van der Waals surface area contributed by atoms with Crippen molar-refractivity contribution < 1.29 is 9.53 Å². The number of amides is 1. The number of benzene rings is 1. The number of hydrogen-bond donors (Lipinski definition) is 1. The van der Waals surface area contributed by atoms with Gasteiger partial charge < -0.3 is 10.5 Å². The summed E-state index contributed by atoms with van der Waals surface area (Å²) in [5.74, 6) is -0.246. The van der Waals surface area contributed by atoms with Gasteiger partial charge in [-0.3, -0.25) is 4.79 Å². The topological polar surface area (TPSA) is 92.2 Å². The third-order valence-electron chi connectivity index (χ3n) is 3.86. The summed E-state index contributed by atoms with van der Waals surface area (Å²) >= 11 is 0. The fourth-order valence-corrected chi connectivity index (χ4v) is 2.44. The zero-order valence-electron chi connectivity index (χ0n) is 15.6. The third kappa shape index (κ3) is 4.73. The summed E-state index contributed by atoms with van der Waals surface area (Å²) in [5.41, 5.74) is 8.35. The van der Waals surface area contributed by atoms with Crippen LogP contribution in [0.4, 0.5) is 5.69 Å². The smallest absolute Gasteiger partial charge is 0.286 e. The molecule has 1 aromatic carbocycles. The van der Waals surface area contributed by atoms with E-state index in [4.69, 9.17) is 10.5 Å². The number of nitriles is 1. The van der Waals surface area contributed by atoms with E-state index in [-0.39, 0.29) is 23.5 Å². The van der Waals surface area contributed by atoms with Gasteiger partial charge in [0.2, 0.25) is 5.88 Å². The van der Waals surface area contributed by atoms with Crippen molar-refractivity contribution in [2.75, 3.05) is 12.3 Å². The predicted octanol–water partition coefficient (Wildman–Crippen LogP) is 3.48. The van der Waals surface area contributed by atoms with Gasteiger partial charge in [0.1, 0.15) is 5.69 Å². The number of carbonyl (C=O) groups is 1. The lowest BCUT2D eigenvalue weighted by atomic mass is 9.87. The summed E-state index contributed by atoms with van der Waals surface area (Å²) in [7, 11) is 0. The van der Waals surface area contributed by atoms with Gasteiger partial charge in [-0.15, -0.1) is 0 Å². The summed E-state index contributed by atoms with van der Waals surface area (Å²) in [6, 6.07) is 10.9. The molecule has 0 saturated carbocycles. The van der Waals surface area contributed by atoms with Crippen LogP contribution in [0.2, 0.25) is 0 Å². The van der Waals surface area contributed by atoms with E-state index >= 15 is 0 Å². The Morgan fingerprint density at radius 3 is 2.46 bits per heavy atom. The molecule has 6 nitrogen and oxygen atoms in total. The first-order valence-corrected chi connectivity index (χ1v) is 8.46. The highest BCUT2D eigenvalue weighted by molar-refractivity contribution is 5.94. The van der Waals surface area contributed by atoms with E-state index in [1.807, 2.05) is 37.4 Å². The predicted molar refractivity (Wildman–Crippen MR) is 100 cm³/mol. The Morgan fingerprint density at radius 2 is 1.92 bits per heavy atom. The Balaban J connectivity index is 2.21. The maximum Gasteiger partial charge on any atom is 0.286 e. The zero-order chi connectivity index (χ0) is 19.3. The zero-order valence-corrected chi connectivity index (χ0v) is 15.6. The number of ether oxygens (including phenoxy) is 1. The Hall–Kier alpha value is -3.07. The Kier molecular flexibility index (Phi) is 5.83. The van der Waals surface area contributed by atoms with Gasteiger partial charge >= 0.3 is 0 Å². The van der Waals surface area contributed by atoms with Crippen LogP contribution < -0.4 is 10.5 Å². The van der Waals surface area contributed by atoms with E-state index in [1.165, 1.54) is 11.6 Å². The van der Waals surface area contributed by atoms with E-state index in [1.54, 1.807) is 6.07 Å². The number of nitrogens with two attached hydrogens (primary N) is 1. The normalized spacial score (nSPS) is 10.9. The molecular weight excluding hydrogens is 328 g/mol. The second kappa shape index (κ2) is 7.87. The number of nitrogens with zero attached hydrogens (tertiary/aromatic N) is 3. The third-order valence-corrected chi connectivity index (χ3v) is 3.86. The lowest BCUT2D eigenvalue weighted by molar-refractivity contribution is 0.0817. The van der Waals surface area contributed by atoms with E-state index < -0.39 is 5.91 Å². The second-order valence-corrected chi connectivity index (χ2v) is 7.00. The van der Waals surface area contributed by atoms with E-state index in [0.717, 1.165) is 10.5 Å². The number of rotatable bonds is 5. The molecular formula is C20H24N4O2. The quantitative estimate of drug-likeness (QED) is 0.657. The number of hydrogen-bond acceptors (Lipinski definition) is 5. The molecule has 2 N–H and O–H groups in total. The molecule has 26 heavy (non-hydrogen) atoms. The number of nitrogen functional groups attached to an aromatic ring is 1. The molecule has 0 aliphatic rings. The summed E-state index contributed by atoms with van der Waals surface area (Å²) in [4.78, 5) is 17.8. The van der Waals surface area contributed by atoms with Gasteiger partial charge in [0.05, 0.1) is 13.2 Å². The minimum Gasteiger partial charge on any atom is -0.478 e. The van der Waals surface area contributed by atoms with Gasteiger partial charge in [0.25, 0.3) is 5.91 Å². The minimum atomic E-state index is -0.513. The average molecular weight is 352 g/mol. The largest absolute Gasteiger partial charge is 0.478 e. The molecule has 0 unspecified atom stereocenters. The van der Waals surface area contributed by atoms with Crippen LogP contribution in [0.3, 0.4) is 0 Å². The maximum atomic E-state index is 12.6. The fraction of sp³-hybridized carbons (Fsp3) is 0.350. The lowest BCUT2D eigenvalue weighted by Gasteiger charge is -2.20. The molecule has 136 valence electrons. The van der Waals surface area contributed by atoms with Crippen molar-refractivity contribution in [3.05, 3.63) is 53.2 Å². The van der Waals surface area contributed by atoms with Gasteiger partial charge in [-0.05, 0) is 29.5 Å². The lowest BCUT2D eigenvalue weighted by Crippen LogP contribution is -2.27. The SMILES string of the molecule is CCOc1cc(N)cc(C(=O)N(C#N)Cc2ccc(C(C)(C)C)cc2)n1. The molecule has 0 radical (unpaired) electrons.